The molecule has 0 bridgehead atoms. The standard InChI is InChI=1S/C21H24N4O/c1-15-22-13-21(24(15)2)16-5-6-17-12-23-19(10-18(17)9-16)11-20(26)14-25-7-3-4-8-25/h5-6,9-10,12-13H,3-4,7-8,11,14H2,1-2H3. The Kier molecular flexibility index (Phi) is 4.55. The van der Waals surface area contributed by atoms with Crippen molar-refractivity contribution in [2.45, 2.75) is 26.2 Å². The molecule has 0 spiro atoms. The van der Waals surface area contributed by atoms with E-state index in [0.29, 0.717) is 13.0 Å². The van der Waals surface area contributed by atoms with Crippen molar-refractivity contribution in [1.29, 1.82) is 0 Å². The summed E-state index contributed by atoms with van der Waals surface area (Å²) in [5.74, 6) is 1.24. The summed E-state index contributed by atoms with van der Waals surface area (Å²) in [6, 6.07) is 8.38. The third-order valence-electron chi connectivity index (χ3n) is 5.27. The lowest BCUT2D eigenvalue weighted by molar-refractivity contribution is -0.119. The Bertz CT molecular complexity index is 954. The second-order valence-corrected chi connectivity index (χ2v) is 7.19. The predicted octanol–water partition coefficient (Wildman–Crippen LogP) is 3.15. The molecule has 1 aliphatic rings. The molecule has 3 heterocycles. The van der Waals surface area contributed by atoms with Crippen LogP contribution in [-0.2, 0) is 18.3 Å². The number of rotatable bonds is 5. The number of benzene rings is 1. The van der Waals surface area contributed by atoms with Gasteiger partial charge in [0.15, 0.2) is 5.78 Å². The van der Waals surface area contributed by atoms with E-state index in [-0.39, 0.29) is 5.78 Å². The molecular weight excluding hydrogens is 324 g/mol. The number of carbonyl (C=O) groups is 1. The molecule has 0 atom stereocenters. The van der Waals surface area contributed by atoms with E-state index in [1.165, 1.54) is 12.8 Å². The van der Waals surface area contributed by atoms with Crippen LogP contribution in [0.4, 0.5) is 0 Å². The molecule has 0 amide bonds. The summed E-state index contributed by atoms with van der Waals surface area (Å²) in [5, 5.41) is 2.20. The minimum Gasteiger partial charge on any atom is -0.331 e. The number of Topliss-reactive ketones (excluding diaryl/α,β-unsaturated/α-hetero) is 1. The normalized spacial score (nSPS) is 15.0. The summed E-state index contributed by atoms with van der Waals surface area (Å²) in [4.78, 5) is 23.5. The van der Waals surface area contributed by atoms with Gasteiger partial charge in [0.05, 0.1) is 24.9 Å². The van der Waals surface area contributed by atoms with Crippen molar-refractivity contribution in [3.63, 3.8) is 0 Å². The van der Waals surface area contributed by atoms with Crippen LogP contribution < -0.4 is 0 Å². The van der Waals surface area contributed by atoms with Crippen LogP contribution in [-0.4, -0.2) is 44.9 Å². The molecule has 1 fully saturated rings. The molecule has 1 aromatic carbocycles. The first kappa shape index (κ1) is 16.9. The SMILES string of the molecule is Cc1ncc(-c2ccc3cnc(CC(=O)CN4CCCC4)cc3c2)n1C. The average molecular weight is 348 g/mol. The maximum atomic E-state index is 12.3. The Hall–Kier alpha value is -2.53. The van der Waals surface area contributed by atoms with Gasteiger partial charge in [-0.25, -0.2) is 4.98 Å². The Morgan fingerprint density at radius 3 is 2.62 bits per heavy atom. The highest BCUT2D eigenvalue weighted by molar-refractivity contribution is 5.88. The topological polar surface area (TPSA) is 51.0 Å². The van der Waals surface area contributed by atoms with Gasteiger partial charge in [0.2, 0.25) is 0 Å². The van der Waals surface area contributed by atoms with Gasteiger partial charge >= 0.3 is 0 Å². The predicted molar refractivity (Wildman–Crippen MR) is 103 cm³/mol. The van der Waals surface area contributed by atoms with Gasteiger partial charge in [-0.15, -0.1) is 0 Å². The number of aryl methyl sites for hydroxylation is 1. The van der Waals surface area contributed by atoms with E-state index in [2.05, 4.69) is 37.6 Å². The molecule has 0 radical (unpaired) electrons. The number of pyridine rings is 1. The molecule has 26 heavy (non-hydrogen) atoms. The van der Waals surface area contributed by atoms with Gasteiger partial charge < -0.3 is 4.57 Å². The number of hydrogen-bond acceptors (Lipinski definition) is 4. The van der Waals surface area contributed by atoms with E-state index in [4.69, 9.17) is 0 Å². The summed E-state index contributed by atoms with van der Waals surface area (Å²) >= 11 is 0. The van der Waals surface area contributed by atoms with Crippen LogP contribution >= 0.6 is 0 Å². The highest BCUT2D eigenvalue weighted by Gasteiger charge is 2.16. The average Bonchev–Trinajstić information content (AvgIpc) is 3.25. The molecule has 0 aliphatic carbocycles. The first-order valence-corrected chi connectivity index (χ1v) is 9.21. The van der Waals surface area contributed by atoms with E-state index in [1.54, 1.807) is 0 Å². The Balaban J connectivity index is 1.57. The molecule has 134 valence electrons. The number of likely N-dealkylation sites (tertiary alicyclic amines) is 1. The minimum atomic E-state index is 0.247. The molecule has 0 N–H and O–H groups in total. The van der Waals surface area contributed by atoms with Crippen LogP contribution in [0.1, 0.15) is 24.4 Å². The van der Waals surface area contributed by atoms with E-state index in [0.717, 1.165) is 46.6 Å². The van der Waals surface area contributed by atoms with Crippen LogP contribution in [0, 0.1) is 6.92 Å². The number of nitrogens with zero attached hydrogens (tertiary/aromatic N) is 4. The molecule has 4 rings (SSSR count). The second-order valence-electron chi connectivity index (χ2n) is 7.19. The fraction of sp³-hybridized carbons (Fsp3) is 0.381. The van der Waals surface area contributed by atoms with Gasteiger partial charge in [0, 0.05) is 29.9 Å². The van der Waals surface area contributed by atoms with Gasteiger partial charge in [-0.3, -0.25) is 14.7 Å². The van der Waals surface area contributed by atoms with Crippen LogP contribution in [0.2, 0.25) is 0 Å². The summed E-state index contributed by atoms with van der Waals surface area (Å²) < 4.78 is 2.09. The Morgan fingerprint density at radius 2 is 1.88 bits per heavy atom. The largest absolute Gasteiger partial charge is 0.331 e. The van der Waals surface area contributed by atoms with Crippen molar-refractivity contribution >= 4 is 16.6 Å². The van der Waals surface area contributed by atoms with Crippen LogP contribution in [0.25, 0.3) is 22.0 Å². The van der Waals surface area contributed by atoms with Gasteiger partial charge in [0.1, 0.15) is 5.82 Å². The Morgan fingerprint density at radius 1 is 1.08 bits per heavy atom. The van der Waals surface area contributed by atoms with Crippen molar-refractivity contribution in [2.75, 3.05) is 19.6 Å². The van der Waals surface area contributed by atoms with Crippen molar-refractivity contribution in [1.82, 2.24) is 19.4 Å². The lowest BCUT2D eigenvalue weighted by Crippen LogP contribution is -2.27. The number of imidazole rings is 1. The third-order valence-corrected chi connectivity index (χ3v) is 5.27. The van der Waals surface area contributed by atoms with E-state index < -0.39 is 0 Å². The van der Waals surface area contributed by atoms with Crippen molar-refractivity contribution in [3.05, 3.63) is 48.2 Å². The third kappa shape index (κ3) is 3.40. The van der Waals surface area contributed by atoms with Crippen LogP contribution in [0.5, 0.6) is 0 Å². The molecule has 5 heteroatoms. The maximum Gasteiger partial charge on any atom is 0.152 e. The number of hydrogen-bond donors (Lipinski definition) is 0. The van der Waals surface area contributed by atoms with E-state index in [9.17, 15) is 4.79 Å². The summed E-state index contributed by atoms with van der Waals surface area (Å²) in [7, 11) is 2.02. The number of carbonyl (C=O) groups excluding carboxylic acids is 1. The number of aromatic nitrogens is 3. The summed E-state index contributed by atoms with van der Waals surface area (Å²) in [6.07, 6.45) is 6.58. The van der Waals surface area contributed by atoms with E-state index >= 15 is 0 Å². The molecule has 0 saturated carbocycles. The first-order valence-electron chi connectivity index (χ1n) is 9.21. The quantitative estimate of drug-likeness (QED) is 0.711. The first-order chi connectivity index (χ1) is 12.6. The molecule has 1 saturated heterocycles. The van der Waals surface area contributed by atoms with E-state index in [1.807, 2.05) is 32.4 Å². The smallest absolute Gasteiger partial charge is 0.152 e. The number of ketones is 1. The van der Waals surface area contributed by atoms with Crippen LogP contribution in [0.15, 0.2) is 36.7 Å². The van der Waals surface area contributed by atoms with Gasteiger partial charge in [-0.2, -0.15) is 0 Å². The summed E-state index contributed by atoms with van der Waals surface area (Å²) in [5.41, 5.74) is 3.06. The van der Waals surface area contributed by atoms with Gasteiger partial charge in [-0.1, -0.05) is 12.1 Å². The van der Waals surface area contributed by atoms with Crippen molar-refractivity contribution in [3.8, 4) is 11.3 Å². The van der Waals surface area contributed by atoms with Crippen molar-refractivity contribution in [2.24, 2.45) is 7.05 Å². The zero-order chi connectivity index (χ0) is 18.1. The van der Waals surface area contributed by atoms with Crippen LogP contribution in [0.3, 0.4) is 0 Å². The Labute approximate surface area is 153 Å². The zero-order valence-electron chi connectivity index (χ0n) is 15.4. The monoisotopic (exact) mass is 348 g/mol. The highest BCUT2D eigenvalue weighted by Crippen LogP contribution is 2.25. The van der Waals surface area contributed by atoms with Gasteiger partial charge in [-0.05, 0) is 50.4 Å². The molecule has 0 unspecified atom stereocenters. The number of fused-ring (bicyclic) bond motifs is 1. The fourth-order valence-corrected chi connectivity index (χ4v) is 3.66. The molecule has 5 nitrogen and oxygen atoms in total. The lowest BCUT2D eigenvalue weighted by Gasteiger charge is -2.13. The molecule has 2 aromatic heterocycles. The zero-order valence-corrected chi connectivity index (χ0v) is 15.4. The highest BCUT2D eigenvalue weighted by atomic mass is 16.1. The summed E-state index contributed by atoms with van der Waals surface area (Å²) in [6.45, 7) is 4.64. The van der Waals surface area contributed by atoms with Gasteiger partial charge in [0.25, 0.3) is 0 Å². The van der Waals surface area contributed by atoms with Crippen molar-refractivity contribution < 1.29 is 4.79 Å². The molecule has 3 aromatic rings. The molecule has 1 aliphatic heterocycles. The lowest BCUT2D eigenvalue weighted by atomic mass is 10.0. The fourth-order valence-electron chi connectivity index (χ4n) is 3.66. The second kappa shape index (κ2) is 7.00. The molecular formula is C21H24N4O. The minimum absolute atomic E-state index is 0.247. The maximum absolute atomic E-state index is 12.3.